The van der Waals surface area contributed by atoms with Crippen molar-refractivity contribution in [2.75, 3.05) is 13.1 Å². The van der Waals surface area contributed by atoms with E-state index in [-0.39, 0.29) is 29.6 Å². The van der Waals surface area contributed by atoms with E-state index in [0.717, 1.165) is 5.56 Å². The summed E-state index contributed by atoms with van der Waals surface area (Å²) in [7, 11) is -4.39. The van der Waals surface area contributed by atoms with Gasteiger partial charge < -0.3 is 0 Å². The minimum Gasteiger partial charge on any atom is -0.298 e. The highest BCUT2D eigenvalue weighted by molar-refractivity contribution is 7.90. The van der Waals surface area contributed by atoms with Gasteiger partial charge in [-0.05, 0) is 17.7 Å². The number of rotatable bonds is 5. The van der Waals surface area contributed by atoms with Crippen molar-refractivity contribution >= 4 is 27.5 Å². The van der Waals surface area contributed by atoms with E-state index in [9.17, 15) is 26.4 Å². The molecule has 5 nitrogen and oxygen atoms in total. The van der Waals surface area contributed by atoms with E-state index >= 15 is 0 Å². The van der Waals surface area contributed by atoms with Crippen LogP contribution < -0.4 is 4.72 Å². The average molecular weight is 447 g/mol. The molecule has 10 heteroatoms. The highest BCUT2D eigenvalue weighted by Gasteiger charge is 2.52. The Bertz CT molecular complexity index is 984. The van der Waals surface area contributed by atoms with Crippen molar-refractivity contribution < 1.29 is 26.4 Å². The monoisotopic (exact) mass is 446 g/mol. The maximum absolute atomic E-state index is 13.5. The number of alkyl halides is 3. The lowest BCUT2D eigenvalue weighted by molar-refractivity contribution is -0.183. The summed E-state index contributed by atoms with van der Waals surface area (Å²) in [6.07, 6.45) is -4.64. The van der Waals surface area contributed by atoms with Crippen molar-refractivity contribution in [1.82, 2.24) is 9.62 Å². The number of likely N-dealkylation sites (tertiary alicyclic amines) is 1. The van der Waals surface area contributed by atoms with Gasteiger partial charge >= 0.3 is 6.18 Å². The van der Waals surface area contributed by atoms with Crippen LogP contribution in [0.1, 0.15) is 5.56 Å². The van der Waals surface area contributed by atoms with Crippen molar-refractivity contribution in [2.24, 2.45) is 11.8 Å². The van der Waals surface area contributed by atoms with Gasteiger partial charge in [0.2, 0.25) is 5.91 Å². The highest BCUT2D eigenvalue weighted by Crippen LogP contribution is 2.38. The van der Waals surface area contributed by atoms with Crippen molar-refractivity contribution in [3.05, 3.63) is 65.2 Å². The predicted molar refractivity (Wildman–Crippen MR) is 102 cm³/mol. The van der Waals surface area contributed by atoms with Crippen LogP contribution in [0.3, 0.4) is 0 Å². The summed E-state index contributed by atoms with van der Waals surface area (Å²) in [6.45, 7) is -0.361. The predicted octanol–water partition coefficient (Wildman–Crippen LogP) is 3.46. The Hall–Kier alpha value is -2.10. The van der Waals surface area contributed by atoms with Crippen LogP contribution in [0.4, 0.5) is 13.2 Å². The van der Waals surface area contributed by atoms with E-state index in [0.29, 0.717) is 0 Å². The molecular weight excluding hydrogens is 429 g/mol. The summed E-state index contributed by atoms with van der Waals surface area (Å²) in [6, 6.07) is 14.3. The minimum absolute atomic E-state index is 0.128. The number of hydrogen-bond donors (Lipinski definition) is 1. The van der Waals surface area contributed by atoms with Crippen LogP contribution in [0, 0.1) is 11.8 Å². The van der Waals surface area contributed by atoms with Gasteiger partial charge in [-0.15, -0.1) is 0 Å². The summed E-state index contributed by atoms with van der Waals surface area (Å²) in [5.74, 6) is -4.70. The summed E-state index contributed by atoms with van der Waals surface area (Å²) >= 11 is 5.85. The van der Waals surface area contributed by atoms with Gasteiger partial charge in [0.15, 0.2) is 0 Å². The SMILES string of the molecule is O=C(NS(=O)(=O)c1ccccc1Cl)C1CN(Cc2ccccc2)CC1C(F)(F)F. The first-order valence-electron chi connectivity index (χ1n) is 8.72. The Kier molecular flexibility index (Phi) is 6.21. The molecule has 2 aromatic rings. The Morgan fingerprint density at radius 1 is 1.07 bits per heavy atom. The fraction of sp³-hybridized carbons (Fsp3) is 0.316. The van der Waals surface area contributed by atoms with Crippen LogP contribution in [-0.4, -0.2) is 38.5 Å². The number of benzene rings is 2. The Morgan fingerprint density at radius 3 is 2.31 bits per heavy atom. The summed E-state index contributed by atoms with van der Waals surface area (Å²) < 4.78 is 67.2. The van der Waals surface area contributed by atoms with Crippen molar-refractivity contribution in [1.29, 1.82) is 0 Å². The molecule has 0 bridgehead atoms. The number of nitrogens with one attached hydrogen (secondary N) is 1. The zero-order valence-electron chi connectivity index (χ0n) is 15.1. The van der Waals surface area contributed by atoms with E-state index in [4.69, 9.17) is 11.6 Å². The van der Waals surface area contributed by atoms with Crippen molar-refractivity contribution in [3.63, 3.8) is 0 Å². The molecule has 1 aliphatic rings. The number of hydrogen-bond acceptors (Lipinski definition) is 4. The lowest BCUT2D eigenvalue weighted by Gasteiger charge is -2.20. The van der Waals surface area contributed by atoms with Gasteiger partial charge in [0, 0.05) is 19.6 Å². The van der Waals surface area contributed by atoms with Gasteiger partial charge in [0.05, 0.1) is 16.9 Å². The van der Waals surface area contributed by atoms with E-state index in [2.05, 4.69) is 0 Å². The van der Waals surface area contributed by atoms with Gasteiger partial charge in [0.25, 0.3) is 10.0 Å². The maximum atomic E-state index is 13.5. The number of halogens is 4. The zero-order valence-corrected chi connectivity index (χ0v) is 16.6. The zero-order chi connectivity index (χ0) is 21.2. The van der Waals surface area contributed by atoms with Gasteiger partial charge in [-0.25, -0.2) is 13.1 Å². The molecule has 29 heavy (non-hydrogen) atoms. The molecule has 0 radical (unpaired) electrons. The van der Waals surface area contributed by atoms with Crippen LogP contribution in [0.15, 0.2) is 59.5 Å². The third-order valence-electron chi connectivity index (χ3n) is 4.76. The lowest BCUT2D eigenvalue weighted by Crippen LogP contribution is -2.42. The molecule has 1 N–H and O–H groups in total. The van der Waals surface area contributed by atoms with Crippen LogP contribution in [0.2, 0.25) is 5.02 Å². The first-order valence-corrected chi connectivity index (χ1v) is 10.6. The standard InChI is InChI=1S/C19H18ClF3N2O3S/c20-16-8-4-5-9-17(16)29(27,28)24-18(26)14-11-25(12-15(14)19(21,22)23)10-13-6-2-1-3-7-13/h1-9,14-15H,10-12H2,(H,24,26). The van der Waals surface area contributed by atoms with E-state index in [1.807, 2.05) is 0 Å². The molecule has 0 spiro atoms. The maximum Gasteiger partial charge on any atom is 0.393 e. The fourth-order valence-corrected chi connectivity index (χ4v) is 4.93. The molecule has 156 valence electrons. The second-order valence-corrected chi connectivity index (χ2v) is 8.89. The van der Waals surface area contributed by atoms with E-state index in [1.54, 1.807) is 35.1 Å². The van der Waals surface area contributed by atoms with Gasteiger partial charge in [-0.3, -0.25) is 9.69 Å². The largest absolute Gasteiger partial charge is 0.393 e. The second kappa shape index (κ2) is 8.33. The average Bonchev–Trinajstić information content (AvgIpc) is 3.07. The molecule has 2 unspecified atom stereocenters. The molecular formula is C19H18ClF3N2O3S. The topological polar surface area (TPSA) is 66.5 Å². The van der Waals surface area contributed by atoms with Crippen LogP contribution in [-0.2, 0) is 21.4 Å². The molecule has 1 fully saturated rings. The van der Waals surface area contributed by atoms with E-state index in [1.165, 1.54) is 29.2 Å². The smallest absolute Gasteiger partial charge is 0.298 e. The Labute approximate surface area is 171 Å². The number of carbonyl (C=O) groups is 1. The molecule has 1 aliphatic heterocycles. The Morgan fingerprint density at radius 2 is 1.69 bits per heavy atom. The van der Waals surface area contributed by atoms with Crippen LogP contribution >= 0.6 is 11.6 Å². The third kappa shape index (κ3) is 5.09. The highest BCUT2D eigenvalue weighted by atomic mass is 35.5. The first-order chi connectivity index (χ1) is 13.6. The van der Waals surface area contributed by atoms with Gasteiger partial charge in [0.1, 0.15) is 4.90 Å². The Balaban J connectivity index is 1.79. The summed E-state index contributed by atoms with van der Waals surface area (Å²) in [5.41, 5.74) is 0.804. The van der Waals surface area contributed by atoms with Gasteiger partial charge in [-0.1, -0.05) is 54.1 Å². The lowest BCUT2D eigenvalue weighted by atomic mass is 9.95. The molecule has 1 heterocycles. The third-order valence-corrected chi connectivity index (χ3v) is 6.61. The molecule has 1 saturated heterocycles. The van der Waals surface area contributed by atoms with Gasteiger partial charge in [-0.2, -0.15) is 13.2 Å². The molecule has 0 saturated carbocycles. The minimum atomic E-state index is -4.64. The summed E-state index contributed by atoms with van der Waals surface area (Å²) in [4.78, 5) is 13.7. The number of nitrogens with zero attached hydrogens (tertiary/aromatic N) is 1. The normalized spacial score (nSPS) is 20.6. The molecule has 2 atom stereocenters. The van der Waals surface area contributed by atoms with Crippen molar-refractivity contribution in [3.8, 4) is 0 Å². The fourth-order valence-electron chi connectivity index (χ4n) is 3.38. The molecule has 3 rings (SSSR count). The second-order valence-electron chi connectivity index (χ2n) is 6.83. The number of sulfonamides is 1. The summed E-state index contributed by atoms with van der Waals surface area (Å²) in [5, 5.41) is -0.128. The molecule has 0 aliphatic carbocycles. The number of amides is 1. The quantitative estimate of drug-likeness (QED) is 0.764. The van der Waals surface area contributed by atoms with Crippen LogP contribution in [0.5, 0.6) is 0 Å². The first kappa shape index (κ1) is 21.6. The van der Waals surface area contributed by atoms with Crippen LogP contribution in [0.25, 0.3) is 0 Å². The molecule has 1 amide bonds. The molecule has 0 aromatic heterocycles. The number of carbonyl (C=O) groups excluding carboxylic acids is 1. The van der Waals surface area contributed by atoms with E-state index < -0.39 is 33.9 Å². The molecule has 2 aromatic carbocycles. The van der Waals surface area contributed by atoms with Crippen molar-refractivity contribution in [2.45, 2.75) is 17.6 Å².